The van der Waals surface area contributed by atoms with Crippen molar-refractivity contribution in [3.8, 4) is 17.0 Å². The largest absolute Gasteiger partial charge is 0.489 e. The Kier molecular flexibility index (Phi) is 6.57. The minimum Gasteiger partial charge on any atom is -0.489 e. The molecule has 196 valence electrons. The van der Waals surface area contributed by atoms with Gasteiger partial charge in [0.05, 0.1) is 24.7 Å². The van der Waals surface area contributed by atoms with Crippen LogP contribution in [0.25, 0.3) is 11.3 Å². The van der Waals surface area contributed by atoms with Gasteiger partial charge >= 0.3 is 0 Å². The van der Waals surface area contributed by atoms with Gasteiger partial charge in [-0.25, -0.2) is 4.98 Å². The Morgan fingerprint density at radius 1 is 0.923 bits per heavy atom. The van der Waals surface area contributed by atoms with Gasteiger partial charge in [0.25, 0.3) is 5.91 Å². The van der Waals surface area contributed by atoms with Gasteiger partial charge in [-0.15, -0.1) is 0 Å². The highest BCUT2D eigenvalue weighted by atomic mass is 16.5. The fraction of sp³-hybridized carbons (Fsp3) is 0.250. The fourth-order valence-electron chi connectivity index (χ4n) is 5.42. The van der Waals surface area contributed by atoms with Gasteiger partial charge in [-0.2, -0.15) is 0 Å². The molecule has 3 aromatic carbocycles. The first kappa shape index (κ1) is 24.8. The lowest BCUT2D eigenvalue weighted by atomic mass is 9.92. The van der Waals surface area contributed by atoms with E-state index in [-0.39, 0.29) is 23.9 Å². The third-order valence-corrected chi connectivity index (χ3v) is 7.58. The molecule has 0 spiro atoms. The van der Waals surface area contributed by atoms with E-state index in [9.17, 15) is 14.4 Å². The molecule has 6 rings (SSSR count). The van der Waals surface area contributed by atoms with Crippen molar-refractivity contribution < 1.29 is 19.1 Å². The van der Waals surface area contributed by atoms with Crippen molar-refractivity contribution in [3.63, 3.8) is 0 Å². The molecule has 1 saturated carbocycles. The molecule has 1 aromatic heterocycles. The van der Waals surface area contributed by atoms with E-state index in [0.717, 1.165) is 40.3 Å². The average molecular weight is 520 g/mol. The Balaban J connectivity index is 1.11. The van der Waals surface area contributed by atoms with Gasteiger partial charge in [-0.1, -0.05) is 60.7 Å². The highest BCUT2D eigenvalue weighted by molar-refractivity contribution is 6.07. The molecule has 4 aromatic rings. The number of aryl methyl sites for hydroxylation is 1. The Bertz CT molecular complexity index is 1560. The van der Waals surface area contributed by atoms with Crippen LogP contribution < -0.4 is 4.74 Å². The van der Waals surface area contributed by atoms with Crippen LogP contribution in [0.4, 0.5) is 0 Å². The van der Waals surface area contributed by atoms with Gasteiger partial charge in [0, 0.05) is 35.9 Å². The first-order valence-electron chi connectivity index (χ1n) is 13.2. The molecule has 1 aliphatic carbocycles. The smallest absolute Gasteiger partial charge is 0.255 e. The molecule has 0 bridgehead atoms. The van der Waals surface area contributed by atoms with Crippen molar-refractivity contribution in [2.24, 2.45) is 0 Å². The topological polar surface area (TPSA) is 81.5 Å². The lowest BCUT2D eigenvalue weighted by Crippen LogP contribution is -2.44. The summed E-state index contributed by atoms with van der Waals surface area (Å²) in [5, 5.41) is 0. The monoisotopic (exact) mass is 519 g/mol. The van der Waals surface area contributed by atoms with Crippen molar-refractivity contribution in [2.45, 2.75) is 51.9 Å². The maximum atomic E-state index is 13.1. The van der Waals surface area contributed by atoms with Crippen LogP contribution in [0.1, 0.15) is 52.1 Å². The quantitative estimate of drug-likeness (QED) is 0.316. The van der Waals surface area contributed by atoms with Crippen molar-refractivity contribution in [3.05, 3.63) is 107 Å². The summed E-state index contributed by atoms with van der Waals surface area (Å²) < 4.78 is 8.31. The zero-order valence-corrected chi connectivity index (χ0v) is 21.8. The molecule has 7 nitrogen and oxygen atoms in total. The molecule has 7 heteroatoms. The van der Waals surface area contributed by atoms with Crippen LogP contribution >= 0.6 is 0 Å². The Labute approximate surface area is 227 Å². The number of fused-ring (bicyclic) bond motifs is 1. The normalized spacial score (nSPS) is 17.0. The first-order valence-corrected chi connectivity index (χ1v) is 13.2. The van der Waals surface area contributed by atoms with E-state index in [2.05, 4.69) is 47.2 Å². The van der Waals surface area contributed by atoms with Crippen molar-refractivity contribution >= 4 is 17.5 Å². The summed E-state index contributed by atoms with van der Waals surface area (Å²) >= 11 is 0. The zero-order chi connectivity index (χ0) is 26.9. The maximum absolute atomic E-state index is 13.1. The summed E-state index contributed by atoms with van der Waals surface area (Å²) in [6, 6.07) is 23.4. The molecule has 0 N–H and O–H groups in total. The van der Waals surface area contributed by atoms with E-state index in [0.29, 0.717) is 37.3 Å². The second-order valence-electron chi connectivity index (χ2n) is 10.2. The molecule has 2 heterocycles. The Morgan fingerprint density at radius 3 is 2.46 bits per heavy atom. The van der Waals surface area contributed by atoms with Gasteiger partial charge in [-0.3, -0.25) is 14.4 Å². The van der Waals surface area contributed by atoms with E-state index < -0.39 is 6.04 Å². The van der Waals surface area contributed by atoms with E-state index in [1.54, 1.807) is 11.0 Å². The number of carbonyl (C=O) groups excluding carboxylic acids is 3. The molecule has 0 radical (unpaired) electrons. The molecule has 1 fully saturated rings. The molecule has 0 saturated heterocycles. The predicted molar refractivity (Wildman–Crippen MR) is 146 cm³/mol. The molecule has 1 unspecified atom stereocenters. The summed E-state index contributed by atoms with van der Waals surface area (Å²) in [4.78, 5) is 43.5. The van der Waals surface area contributed by atoms with Gasteiger partial charge in [0.15, 0.2) is 5.78 Å². The van der Waals surface area contributed by atoms with E-state index in [4.69, 9.17) is 9.72 Å². The standard InChI is InChI=1S/C32H29N3O4/c1-21-33-28(24-6-3-2-4-7-24)19-34(21)17-22-10-12-23(13-11-22)20-39-31-9-5-8-26-27(31)18-35(32(26)38)29-15-14-25(36)16-30(29)37/h2-13,19,29H,14-18,20H2,1H3. The van der Waals surface area contributed by atoms with E-state index >= 15 is 0 Å². The predicted octanol–water partition coefficient (Wildman–Crippen LogP) is 5.13. The Hall–Kier alpha value is -4.52. The maximum Gasteiger partial charge on any atom is 0.255 e. The molecular weight excluding hydrogens is 490 g/mol. The minimum absolute atomic E-state index is 0.0486. The number of hydrogen-bond acceptors (Lipinski definition) is 5. The third kappa shape index (κ3) is 5.00. The number of Topliss-reactive ketones (excluding diaryl/α,β-unsaturated/α-hetero) is 2. The van der Waals surface area contributed by atoms with Crippen LogP contribution in [0.5, 0.6) is 5.75 Å². The highest BCUT2D eigenvalue weighted by Crippen LogP contribution is 2.34. The number of ketones is 2. The number of amides is 1. The van der Waals surface area contributed by atoms with Gasteiger partial charge in [-0.05, 0) is 36.6 Å². The summed E-state index contributed by atoms with van der Waals surface area (Å²) in [5.41, 5.74) is 5.62. The van der Waals surface area contributed by atoms with Crippen LogP contribution in [0.2, 0.25) is 0 Å². The summed E-state index contributed by atoms with van der Waals surface area (Å²) in [6.45, 7) is 3.43. The molecule has 2 aliphatic rings. The summed E-state index contributed by atoms with van der Waals surface area (Å²) in [6.07, 6.45) is 2.73. The number of aromatic nitrogens is 2. The van der Waals surface area contributed by atoms with Crippen LogP contribution in [0.3, 0.4) is 0 Å². The number of imidazole rings is 1. The van der Waals surface area contributed by atoms with Crippen molar-refractivity contribution in [1.29, 1.82) is 0 Å². The Morgan fingerprint density at radius 2 is 1.69 bits per heavy atom. The molecule has 1 aliphatic heterocycles. The van der Waals surface area contributed by atoms with E-state index in [1.165, 1.54) is 0 Å². The van der Waals surface area contributed by atoms with Crippen LogP contribution in [0.15, 0.2) is 79.0 Å². The van der Waals surface area contributed by atoms with E-state index in [1.807, 2.05) is 37.3 Å². The molecule has 1 amide bonds. The SMILES string of the molecule is Cc1nc(-c2ccccc2)cn1Cc1ccc(COc2cccc3c2CN(C2CCC(=O)CC2=O)C3=O)cc1. The van der Waals surface area contributed by atoms with Gasteiger partial charge in [0.1, 0.15) is 24.0 Å². The number of carbonyl (C=O) groups is 3. The molecule has 1 atom stereocenters. The van der Waals surface area contributed by atoms with Gasteiger partial charge < -0.3 is 14.2 Å². The number of ether oxygens (including phenoxy) is 1. The third-order valence-electron chi connectivity index (χ3n) is 7.58. The van der Waals surface area contributed by atoms with Crippen molar-refractivity contribution in [2.75, 3.05) is 0 Å². The summed E-state index contributed by atoms with van der Waals surface area (Å²) in [5.74, 6) is 1.22. The van der Waals surface area contributed by atoms with Crippen LogP contribution in [-0.2, 0) is 29.3 Å². The number of hydrogen-bond donors (Lipinski definition) is 0. The highest BCUT2D eigenvalue weighted by Gasteiger charge is 2.39. The summed E-state index contributed by atoms with van der Waals surface area (Å²) in [7, 11) is 0. The molecular formula is C32H29N3O4. The molecule has 39 heavy (non-hydrogen) atoms. The number of nitrogens with zero attached hydrogens (tertiary/aromatic N) is 3. The zero-order valence-electron chi connectivity index (χ0n) is 21.8. The second kappa shape index (κ2) is 10.3. The van der Waals surface area contributed by atoms with Crippen molar-refractivity contribution in [1.82, 2.24) is 14.5 Å². The van der Waals surface area contributed by atoms with Gasteiger partial charge in [0.2, 0.25) is 0 Å². The van der Waals surface area contributed by atoms with Crippen LogP contribution in [0, 0.1) is 6.92 Å². The number of rotatable bonds is 7. The number of benzene rings is 3. The fourth-order valence-corrected chi connectivity index (χ4v) is 5.42. The minimum atomic E-state index is -0.536. The lowest BCUT2D eigenvalue weighted by Gasteiger charge is -2.29. The second-order valence-corrected chi connectivity index (χ2v) is 10.2. The van der Waals surface area contributed by atoms with Crippen LogP contribution in [-0.4, -0.2) is 38.0 Å². The average Bonchev–Trinajstić information content (AvgIpc) is 3.48. The lowest BCUT2D eigenvalue weighted by molar-refractivity contribution is -0.133. The first-order chi connectivity index (χ1) is 19.0.